The molecule has 0 fully saturated rings. The Hall–Kier alpha value is -1.39. The molecular formula is C15H25N3O. The summed E-state index contributed by atoms with van der Waals surface area (Å²) in [5.74, 6) is -0.351. The number of hydrogen-bond donors (Lipinski definition) is 2. The van der Waals surface area contributed by atoms with Gasteiger partial charge in [-0.15, -0.1) is 0 Å². The lowest BCUT2D eigenvalue weighted by molar-refractivity contribution is -0.124. The van der Waals surface area contributed by atoms with Crippen molar-refractivity contribution in [3.8, 4) is 0 Å². The van der Waals surface area contributed by atoms with Gasteiger partial charge in [0.15, 0.2) is 0 Å². The van der Waals surface area contributed by atoms with Gasteiger partial charge in [-0.1, -0.05) is 31.2 Å². The second kappa shape index (κ2) is 6.68. The number of nitrogens with zero attached hydrogens (tertiary/aromatic N) is 1. The van der Waals surface area contributed by atoms with Crippen molar-refractivity contribution in [1.29, 1.82) is 0 Å². The fraction of sp³-hybridized carbons (Fsp3) is 0.533. The zero-order valence-electron chi connectivity index (χ0n) is 12.4. The smallest absolute Gasteiger partial charge is 0.242 e. The van der Waals surface area contributed by atoms with E-state index in [1.165, 1.54) is 5.56 Å². The average Bonchev–Trinajstić information content (AvgIpc) is 2.38. The van der Waals surface area contributed by atoms with Crippen LogP contribution < -0.4 is 11.1 Å². The van der Waals surface area contributed by atoms with Crippen LogP contribution in [0.15, 0.2) is 24.3 Å². The number of carbonyl (C=O) groups excluding carboxylic acids is 1. The van der Waals surface area contributed by atoms with Crippen molar-refractivity contribution in [2.75, 3.05) is 27.2 Å². The van der Waals surface area contributed by atoms with Gasteiger partial charge in [0.05, 0.1) is 0 Å². The number of likely N-dealkylation sites (N-methyl/N-ethyl adjacent to an activating group) is 1. The molecule has 19 heavy (non-hydrogen) atoms. The third kappa shape index (κ3) is 4.04. The third-order valence-electron chi connectivity index (χ3n) is 3.47. The van der Waals surface area contributed by atoms with E-state index in [0.717, 1.165) is 18.5 Å². The van der Waals surface area contributed by atoms with Gasteiger partial charge in [0, 0.05) is 13.1 Å². The van der Waals surface area contributed by atoms with Gasteiger partial charge in [0.2, 0.25) is 5.91 Å². The van der Waals surface area contributed by atoms with Crippen molar-refractivity contribution in [1.82, 2.24) is 10.2 Å². The first-order chi connectivity index (χ1) is 8.90. The zero-order chi connectivity index (χ0) is 14.5. The first-order valence-corrected chi connectivity index (χ1v) is 6.69. The highest BCUT2D eigenvalue weighted by Crippen LogP contribution is 2.21. The number of carbonyl (C=O) groups is 1. The van der Waals surface area contributed by atoms with Gasteiger partial charge in [-0.2, -0.15) is 0 Å². The molecule has 3 N–H and O–H groups in total. The lowest BCUT2D eigenvalue weighted by Gasteiger charge is -2.29. The molecule has 1 atom stereocenters. The molecule has 0 saturated carbocycles. The second-order valence-corrected chi connectivity index (χ2v) is 5.27. The van der Waals surface area contributed by atoms with Crippen LogP contribution in [0.25, 0.3) is 0 Å². The molecule has 4 heteroatoms. The largest absolute Gasteiger partial charge is 0.368 e. The quantitative estimate of drug-likeness (QED) is 0.774. The molecule has 1 aromatic rings. The summed E-state index contributed by atoms with van der Waals surface area (Å²) in [5, 5.41) is 3.26. The Bertz CT molecular complexity index is 414. The molecule has 0 aliphatic carbocycles. The summed E-state index contributed by atoms with van der Waals surface area (Å²) in [6.07, 6.45) is 0.988. The number of aryl methyl sites for hydroxylation is 1. The summed E-state index contributed by atoms with van der Waals surface area (Å²) in [4.78, 5) is 13.9. The van der Waals surface area contributed by atoms with E-state index in [1.54, 1.807) is 0 Å². The van der Waals surface area contributed by atoms with E-state index in [4.69, 9.17) is 5.73 Å². The van der Waals surface area contributed by atoms with Crippen LogP contribution in [0.4, 0.5) is 0 Å². The average molecular weight is 263 g/mol. The van der Waals surface area contributed by atoms with Crippen LogP contribution in [0, 0.1) is 0 Å². The SMILES string of the molecule is CCc1ccc(C(C)(NCCN(C)C)C(N)=O)cc1. The van der Waals surface area contributed by atoms with Crippen molar-refractivity contribution in [2.45, 2.75) is 25.8 Å². The normalized spacial score (nSPS) is 14.4. The van der Waals surface area contributed by atoms with Gasteiger partial charge in [0.25, 0.3) is 0 Å². The van der Waals surface area contributed by atoms with Crippen molar-refractivity contribution >= 4 is 5.91 Å². The highest BCUT2D eigenvalue weighted by Gasteiger charge is 2.32. The van der Waals surface area contributed by atoms with E-state index in [1.807, 2.05) is 45.3 Å². The Balaban J connectivity index is 2.87. The van der Waals surface area contributed by atoms with Crippen LogP contribution >= 0.6 is 0 Å². The Morgan fingerprint density at radius 2 is 1.89 bits per heavy atom. The van der Waals surface area contributed by atoms with Crippen LogP contribution in [0.1, 0.15) is 25.0 Å². The number of hydrogen-bond acceptors (Lipinski definition) is 3. The zero-order valence-corrected chi connectivity index (χ0v) is 12.4. The first kappa shape index (κ1) is 15.7. The number of nitrogens with one attached hydrogen (secondary N) is 1. The third-order valence-corrected chi connectivity index (χ3v) is 3.47. The van der Waals surface area contributed by atoms with E-state index in [9.17, 15) is 4.79 Å². The molecule has 106 valence electrons. The predicted molar refractivity (Wildman–Crippen MR) is 78.9 cm³/mol. The lowest BCUT2D eigenvalue weighted by atomic mass is 9.90. The minimum Gasteiger partial charge on any atom is -0.368 e. The van der Waals surface area contributed by atoms with E-state index in [2.05, 4.69) is 17.1 Å². The number of benzene rings is 1. The predicted octanol–water partition coefficient (Wildman–Crippen LogP) is 1.10. The second-order valence-electron chi connectivity index (χ2n) is 5.27. The van der Waals surface area contributed by atoms with E-state index in [-0.39, 0.29) is 5.91 Å². The number of nitrogens with two attached hydrogens (primary N) is 1. The van der Waals surface area contributed by atoms with Gasteiger partial charge in [0.1, 0.15) is 5.54 Å². The number of primary amides is 1. The van der Waals surface area contributed by atoms with Gasteiger partial charge in [-0.25, -0.2) is 0 Å². The topological polar surface area (TPSA) is 58.4 Å². The fourth-order valence-electron chi connectivity index (χ4n) is 1.93. The van der Waals surface area contributed by atoms with Crippen molar-refractivity contribution in [3.05, 3.63) is 35.4 Å². The highest BCUT2D eigenvalue weighted by molar-refractivity contribution is 5.85. The van der Waals surface area contributed by atoms with Crippen LogP contribution in [0.3, 0.4) is 0 Å². The monoisotopic (exact) mass is 263 g/mol. The maximum absolute atomic E-state index is 11.8. The Kier molecular flexibility index (Phi) is 5.51. The Labute approximate surface area is 116 Å². The molecule has 1 amide bonds. The van der Waals surface area contributed by atoms with Crippen molar-refractivity contribution in [3.63, 3.8) is 0 Å². The first-order valence-electron chi connectivity index (χ1n) is 6.69. The van der Waals surface area contributed by atoms with Crippen molar-refractivity contribution < 1.29 is 4.79 Å². The minimum atomic E-state index is -0.817. The summed E-state index contributed by atoms with van der Waals surface area (Å²) in [6.45, 7) is 5.52. The Morgan fingerprint density at radius 3 is 2.32 bits per heavy atom. The molecule has 0 aliphatic rings. The lowest BCUT2D eigenvalue weighted by Crippen LogP contribution is -2.51. The van der Waals surface area contributed by atoms with Crippen LogP contribution in [0.5, 0.6) is 0 Å². The summed E-state index contributed by atoms with van der Waals surface area (Å²) in [6, 6.07) is 8.05. The molecule has 4 nitrogen and oxygen atoms in total. The molecule has 0 saturated heterocycles. The maximum Gasteiger partial charge on any atom is 0.242 e. The van der Waals surface area contributed by atoms with E-state index in [0.29, 0.717) is 6.54 Å². The summed E-state index contributed by atoms with van der Waals surface area (Å²) < 4.78 is 0. The van der Waals surface area contributed by atoms with Crippen LogP contribution in [-0.2, 0) is 16.8 Å². The van der Waals surface area contributed by atoms with Gasteiger partial charge < -0.3 is 10.6 Å². The Morgan fingerprint density at radius 1 is 1.32 bits per heavy atom. The standard InChI is InChI=1S/C15H25N3O/c1-5-12-6-8-13(9-7-12)15(2,14(16)19)17-10-11-18(3)4/h6-9,17H,5,10-11H2,1-4H3,(H2,16,19). The summed E-state index contributed by atoms with van der Waals surface area (Å²) in [7, 11) is 4.00. The fourth-order valence-corrected chi connectivity index (χ4v) is 1.93. The molecule has 0 heterocycles. The minimum absolute atomic E-state index is 0.351. The number of amides is 1. The van der Waals surface area contributed by atoms with Gasteiger partial charge >= 0.3 is 0 Å². The maximum atomic E-state index is 11.8. The highest BCUT2D eigenvalue weighted by atomic mass is 16.1. The molecule has 1 aromatic carbocycles. The molecule has 0 aromatic heterocycles. The van der Waals surface area contributed by atoms with Crippen molar-refractivity contribution in [2.24, 2.45) is 5.73 Å². The van der Waals surface area contributed by atoms with Gasteiger partial charge in [-0.3, -0.25) is 10.1 Å². The van der Waals surface area contributed by atoms with E-state index < -0.39 is 5.54 Å². The molecule has 0 aliphatic heterocycles. The number of rotatable bonds is 7. The molecule has 1 unspecified atom stereocenters. The summed E-state index contributed by atoms with van der Waals surface area (Å²) in [5.41, 5.74) is 6.92. The molecule has 1 rings (SSSR count). The molecule has 0 bridgehead atoms. The van der Waals surface area contributed by atoms with Crippen LogP contribution in [-0.4, -0.2) is 38.0 Å². The molecular weight excluding hydrogens is 238 g/mol. The molecule has 0 spiro atoms. The van der Waals surface area contributed by atoms with Crippen LogP contribution in [0.2, 0.25) is 0 Å². The van der Waals surface area contributed by atoms with Gasteiger partial charge in [-0.05, 0) is 38.6 Å². The summed E-state index contributed by atoms with van der Waals surface area (Å²) >= 11 is 0. The van der Waals surface area contributed by atoms with E-state index >= 15 is 0 Å². The molecule has 0 radical (unpaired) electrons.